The normalized spacial score (nSPS) is 14.6. The van der Waals surface area contributed by atoms with E-state index in [9.17, 15) is 132 Å². The van der Waals surface area contributed by atoms with Gasteiger partial charge in [0.25, 0.3) is 0 Å². The summed E-state index contributed by atoms with van der Waals surface area (Å²) in [7, 11) is 3.40. The molecule has 0 fully saturated rings. The fourth-order valence-corrected chi connectivity index (χ4v) is 3.22. The Hall–Kier alpha value is -2.27. The van der Waals surface area contributed by atoms with Crippen LogP contribution in [0.4, 0.5) is 132 Å². The predicted molar refractivity (Wildman–Crippen MR) is 120 cm³/mol. The summed E-state index contributed by atoms with van der Waals surface area (Å²) in [4.78, 5) is 0. The number of rotatable bonds is 6. The second kappa shape index (κ2) is 17.5. The molecule has 0 saturated carbocycles. The SMILES string of the molecule is C.CC(=C(C(F)(C(F)(F)F)C(F)(F)F)C(F)(C(F)(F)F)C(F)(F)F)C(F)(F)C(F)(F)F.CC(=C(C(F)(F)F)C(F)(F)F)C(F)(F)C(F)(F)F.COPOC. The standard InChI is InChI=1S/C11H3F19.C7H3F11.C2H7O2P.CH4/c1-2(6(14,15)11(28,29)30)3(4(12,7(16,17)18)8(19,20)21)5(13,9(22,23)24)10(25,26)27;1-2(4(8,9)7(16,17)18)3(5(10,11)12)6(13,14)15;1-3-5-4-2;/h1H3;1H3;5H,1-2H3;1H4. The Morgan fingerprint density at radius 3 is 0.630 bits per heavy atom. The molecule has 0 aliphatic carbocycles. The molecule has 0 aromatic carbocycles. The van der Waals surface area contributed by atoms with Crippen molar-refractivity contribution < 1.29 is 141 Å². The van der Waals surface area contributed by atoms with Crippen molar-refractivity contribution >= 4 is 9.03 Å². The van der Waals surface area contributed by atoms with Crippen LogP contribution in [-0.4, -0.2) is 86.8 Å². The minimum atomic E-state index is -8.28. The van der Waals surface area contributed by atoms with Crippen LogP contribution in [0.2, 0.25) is 0 Å². The molecule has 0 N–H and O–H groups in total. The van der Waals surface area contributed by atoms with Gasteiger partial charge in [-0.15, -0.1) is 0 Å². The number of allylic oxidation sites excluding steroid dienone is 4. The smallest absolute Gasteiger partial charge is 0.340 e. The quantitative estimate of drug-likeness (QED) is 0.150. The summed E-state index contributed by atoms with van der Waals surface area (Å²) in [6.45, 7) is -2.05. The van der Waals surface area contributed by atoms with E-state index in [1.807, 2.05) is 0 Å². The monoisotopic (exact) mass is 902 g/mol. The molecule has 0 radical (unpaired) electrons. The molecule has 54 heavy (non-hydrogen) atoms. The van der Waals surface area contributed by atoms with Crippen molar-refractivity contribution in [1.29, 1.82) is 0 Å². The van der Waals surface area contributed by atoms with Crippen molar-refractivity contribution in [2.75, 3.05) is 14.2 Å². The first-order chi connectivity index (χ1) is 22.5. The second-order valence-corrected chi connectivity index (χ2v) is 9.92. The maximum atomic E-state index is 13.9. The van der Waals surface area contributed by atoms with Crippen molar-refractivity contribution in [2.24, 2.45) is 0 Å². The summed E-state index contributed by atoms with van der Waals surface area (Å²) in [6.07, 6.45) is -59.2. The first kappa shape index (κ1) is 58.4. The van der Waals surface area contributed by atoms with E-state index < -0.39 is 109 Å². The largest absolute Gasteiger partial charge is 0.457 e. The Morgan fingerprint density at radius 1 is 0.333 bits per heavy atom. The van der Waals surface area contributed by atoms with E-state index in [4.69, 9.17) is 0 Å². The van der Waals surface area contributed by atoms with E-state index in [1.54, 1.807) is 14.2 Å². The zero-order valence-corrected chi connectivity index (χ0v) is 25.7. The third-order valence-corrected chi connectivity index (χ3v) is 5.72. The summed E-state index contributed by atoms with van der Waals surface area (Å²) < 4.78 is 383. The summed E-state index contributed by atoms with van der Waals surface area (Å²) in [6, 6.07) is 0. The third-order valence-electron chi connectivity index (χ3n) is 5.39. The Bertz CT molecular complexity index is 1160. The second-order valence-electron chi connectivity index (χ2n) is 8.94. The molecule has 0 spiro atoms. The first-order valence-corrected chi connectivity index (χ1v) is 12.2. The van der Waals surface area contributed by atoms with Gasteiger partial charge in [-0.3, -0.25) is 0 Å². The topological polar surface area (TPSA) is 18.5 Å². The zero-order chi connectivity index (χ0) is 44.4. The van der Waals surface area contributed by atoms with Gasteiger partial charge in [0.1, 0.15) is 5.57 Å². The van der Waals surface area contributed by atoms with Crippen molar-refractivity contribution in [2.45, 2.75) is 93.9 Å². The summed E-state index contributed by atoms with van der Waals surface area (Å²) in [5.41, 5.74) is -33.7. The molecule has 0 saturated heterocycles. The lowest BCUT2D eigenvalue weighted by Gasteiger charge is -2.42. The van der Waals surface area contributed by atoms with Gasteiger partial charge in [0.15, 0.2) is 9.03 Å². The maximum absolute atomic E-state index is 13.9. The molecule has 0 amide bonds. The highest BCUT2D eigenvalue weighted by Crippen LogP contribution is 2.63. The molecule has 0 aliphatic rings. The Labute approximate surface area is 281 Å². The van der Waals surface area contributed by atoms with Crippen LogP contribution in [0.1, 0.15) is 21.3 Å². The lowest BCUT2D eigenvalue weighted by Crippen LogP contribution is -2.67. The molecule has 328 valence electrons. The number of halogens is 30. The fourth-order valence-electron chi connectivity index (χ4n) is 3.05. The molecule has 0 aromatic heterocycles. The molecular formula is C21H17F30O2P. The molecule has 0 rings (SSSR count). The fraction of sp³-hybridized carbons (Fsp3) is 0.810. The molecule has 0 unspecified atom stereocenters. The minimum Gasteiger partial charge on any atom is -0.340 e. The van der Waals surface area contributed by atoms with Crippen molar-refractivity contribution in [3.05, 3.63) is 22.3 Å². The number of hydrogen-bond donors (Lipinski definition) is 0. The predicted octanol–water partition coefficient (Wildman–Crippen LogP) is 13.2. The van der Waals surface area contributed by atoms with Crippen LogP contribution in [0.25, 0.3) is 0 Å². The molecule has 2 nitrogen and oxygen atoms in total. The van der Waals surface area contributed by atoms with Crippen LogP contribution in [0, 0.1) is 0 Å². The molecule has 0 atom stereocenters. The van der Waals surface area contributed by atoms with Gasteiger partial charge in [0, 0.05) is 30.9 Å². The highest BCUT2D eigenvalue weighted by molar-refractivity contribution is 7.26. The Kier molecular flexibility index (Phi) is 18.9. The highest BCUT2D eigenvalue weighted by atomic mass is 31.1. The minimum absolute atomic E-state index is 0. The molecule has 33 heteroatoms. The third kappa shape index (κ3) is 12.4. The van der Waals surface area contributed by atoms with Crippen LogP contribution in [0.5, 0.6) is 0 Å². The average Bonchev–Trinajstić information content (AvgIpc) is 2.83. The van der Waals surface area contributed by atoms with Gasteiger partial charge in [-0.2, -0.15) is 123 Å². The van der Waals surface area contributed by atoms with Gasteiger partial charge in [-0.05, 0) is 13.8 Å². The highest BCUT2D eigenvalue weighted by Gasteiger charge is 2.87. The summed E-state index contributed by atoms with van der Waals surface area (Å²) in [5, 5.41) is 0. The van der Waals surface area contributed by atoms with Crippen LogP contribution in [-0.2, 0) is 9.05 Å². The van der Waals surface area contributed by atoms with Crippen LogP contribution < -0.4 is 0 Å². The average molecular weight is 902 g/mol. The summed E-state index contributed by atoms with van der Waals surface area (Å²) >= 11 is 0. The van der Waals surface area contributed by atoms with Gasteiger partial charge in [-0.1, -0.05) is 7.43 Å². The van der Waals surface area contributed by atoms with Crippen molar-refractivity contribution in [1.82, 2.24) is 0 Å². The van der Waals surface area contributed by atoms with Gasteiger partial charge in [0.2, 0.25) is 0 Å². The van der Waals surface area contributed by atoms with E-state index in [1.165, 1.54) is 0 Å². The van der Waals surface area contributed by atoms with E-state index in [0.717, 1.165) is 0 Å². The van der Waals surface area contributed by atoms with E-state index >= 15 is 0 Å². The molecule has 0 bridgehead atoms. The lowest BCUT2D eigenvalue weighted by molar-refractivity contribution is -0.365. The van der Waals surface area contributed by atoms with Gasteiger partial charge >= 0.3 is 72.6 Å². The maximum Gasteiger partial charge on any atom is 0.457 e. The van der Waals surface area contributed by atoms with Gasteiger partial charge < -0.3 is 9.05 Å². The Morgan fingerprint density at radius 2 is 0.519 bits per heavy atom. The van der Waals surface area contributed by atoms with E-state index in [-0.39, 0.29) is 16.5 Å². The molecule has 0 heterocycles. The van der Waals surface area contributed by atoms with Crippen LogP contribution >= 0.6 is 9.03 Å². The lowest BCUT2D eigenvalue weighted by atomic mass is 9.76. The zero-order valence-electron chi connectivity index (χ0n) is 24.7. The molecular weight excluding hydrogens is 885 g/mol. The first-order valence-electron chi connectivity index (χ1n) is 11.4. The van der Waals surface area contributed by atoms with E-state index in [2.05, 4.69) is 9.05 Å². The Balaban J connectivity index is -0.000000441. The molecule has 0 aromatic rings. The summed E-state index contributed by atoms with van der Waals surface area (Å²) in [5.74, 6) is -13.6. The van der Waals surface area contributed by atoms with Crippen LogP contribution in [0.15, 0.2) is 22.3 Å². The number of alkyl halides is 30. The van der Waals surface area contributed by atoms with Gasteiger partial charge in [-0.25, -0.2) is 8.78 Å². The van der Waals surface area contributed by atoms with E-state index in [0.29, 0.717) is 0 Å². The van der Waals surface area contributed by atoms with Gasteiger partial charge in [0.05, 0.1) is 0 Å². The van der Waals surface area contributed by atoms with Crippen LogP contribution in [0.3, 0.4) is 0 Å². The number of hydrogen-bond acceptors (Lipinski definition) is 2. The van der Waals surface area contributed by atoms with Crippen molar-refractivity contribution in [3.8, 4) is 0 Å². The molecule has 0 aliphatic heterocycles. The van der Waals surface area contributed by atoms with Crippen molar-refractivity contribution in [3.63, 3.8) is 0 Å².